The van der Waals surface area contributed by atoms with Crippen molar-refractivity contribution in [1.29, 1.82) is 0 Å². The largest absolute Gasteiger partial charge is 0.356 e. The maximum absolute atomic E-state index is 13.4. The van der Waals surface area contributed by atoms with Crippen molar-refractivity contribution >= 4 is 38.7 Å². The van der Waals surface area contributed by atoms with Crippen molar-refractivity contribution in [3.63, 3.8) is 0 Å². The summed E-state index contributed by atoms with van der Waals surface area (Å²) < 4.78 is 6.40. The van der Waals surface area contributed by atoms with Crippen LogP contribution in [-0.2, 0) is 20.6 Å². The molecule has 0 saturated carbocycles. The Balaban J connectivity index is 1.37. The van der Waals surface area contributed by atoms with Crippen LogP contribution >= 0.6 is 0 Å². The Morgan fingerprint density at radius 3 is 2.32 bits per heavy atom. The van der Waals surface area contributed by atoms with Crippen LogP contribution in [0.3, 0.4) is 0 Å². The van der Waals surface area contributed by atoms with Gasteiger partial charge in [-0.1, -0.05) is 11.6 Å². The van der Waals surface area contributed by atoms with Gasteiger partial charge < -0.3 is 4.90 Å². The number of nitrogens with zero attached hydrogens (tertiary/aromatic N) is 7. The first-order valence-corrected chi connectivity index (χ1v) is 12.6. The van der Waals surface area contributed by atoms with Crippen LogP contribution in [0.15, 0.2) is 51.0 Å². The molecule has 0 N–H and O–H groups in total. The van der Waals surface area contributed by atoms with Gasteiger partial charge in [-0.3, -0.25) is 23.1 Å². The molecule has 0 radical (unpaired) electrons. The molecule has 0 spiro atoms. The SMILES string of the molecule is CCn1c(=O)n(C)c2cc3c(N4CCC(n5c(=O)c6cc(C)ccc6n(C)c5=O)CC4)ncnc3cc21. The number of imidazole rings is 1. The Morgan fingerprint density at radius 2 is 1.59 bits per heavy atom. The minimum absolute atomic E-state index is 0.0549. The highest BCUT2D eigenvalue weighted by Crippen LogP contribution is 2.31. The molecule has 6 rings (SSSR count). The molecule has 0 bridgehead atoms. The van der Waals surface area contributed by atoms with E-state index in [1.165, 1.54) is 4.57 Å². The van der Waals surface area contributed by atoms with Gasteiger partial charge in [-0.25, -0.2) is 19.6 Å². The van der Waals surface area contributed by atoms with Gasteiger partial charge in [0.1, 0.15) is 12.1 Å². The van der Waals surface area contributed by atoms with Crippen molar-refractivity contribution in [2.24, 2.45) is 14.1 Å². The van der Waals surface area contributed by atoms with Gasteiger partial charge in [0.05, 0.1) is 27.5 Å². The molecule has 190 valence electrons. The maximum atomic E-state index is 13.4. The van der Waals surface area contributed by atoms with Gasteiger partial charge in [0.2, 0.25) is 0 Å². The number of aromatic nitrogens is 6. The van der Waals surface area contributed by atoms with Gasteiger partial charge in [0.15, 0.2) is 0 Å². The molecule has 3 aromatic heterocycles. The van der Waals surface area contributed by atoms with E-state index in [2.05, 4.69) is 14.9 Å². The summed E-state index contributed by atoms with van der Waals surface area (Å²) in [5.41, 5.74) is 3.55. The second kappa shape index (κ2) is 8.43. The zero-order chi connectivity index (χ0) is 26.0. The molecular weight excluding hydrogens is 470 g/mol. The van der Waals surface area contributed by atoms with Gasteiger partial charge in [-0.05, 0) is 51.0 Å². The molecule has 0 aliphatic carbocycles. The second-order valence-electron chi connectivity index (χ2n) is 9.90. The highest BCUT2D eigenvalue weighted by atomic mass is 16.2. The lowest BCUT2D eigenvalue weighted by atomic mass is 10.0. The number of rotatable bonds is 3. The monoisotopic (exact) mass is 499 g/mol. The fourth-order valence-corrected chi connectivity index (χ4v) is 5.75. The number of hydrogen-bond donors (Lipinski definition) is 0. The third kappa shape index (κ3) is 3.42. The molecular formula is C27H29N7O3. The van der Waals surface area contributed by atoms with Gasteiger partial charge in [0.25, 0.3) is 5.56 Å². The van der Waals surface area contributed by atoms with Gasteiger partial charge in [0, 0.05) is 45.2 Å². The first-order valence-electron chi connectivity index (χ1n) is 12.6. The highest BCUT2D eigenvalue weighted by molar-refractivity contribution is 5.99. The van der Waals surface area contributed by atoms with E-state index >= 15 is 0 Å². The minimum atomic E-state index is -0.281. The Kier molecular flexibility index (Phi) is 5.29. The molecule has 0 unspecified atom stereocenters. The minimum Gasteiger partial charge on any atom is -0.356 e. The summed E-state index contributed by atoms with van der Waals surface area (Å²) >= 11 is 0. The van der Waals surface area contributed by atoms with Gasteiger partial charge in [-0.2, -0.15) is 0 Å². The van der Waals surface area contributed by atoms with E-state index in [0.717, 1.165) is 33.3 Å². The summed E-state index contributed by atoms with van der Waals surface area (Å²) in [6.45, 7) is 5.77. The Labute approximate surface area is 212 Å². The predicted molar refractivity (Wildman–Crippen MR) is 145 cm³/mol. The molecule has 2 aromatic carbocycles. The van der Waals surface area contributed by atoms with Crippen molar-refractivity contribution < 1.29 is 0 Å². The summed E-state index contributed by atoms with van der Waals surface area (Å²) in [6.07, 6.45) is 2.84. The fraction of sp³-hybridized carbons (Fsp3) is 0.370. The quantitative estimate of drug-likeness (QED) is 0.378. The predicted octanol–water partition coefficient (Wildman–Crippen LogP) is 2.47. The zero-order valence-electron chi connectivity index (χ0n) is 21.4. The first-order chi connectivity index (χ1) is 17.8. The second-order valence-corrected chi connectivity index (χ2v) is 9.90. The average molecular weight is 500 g/mol. The average Bonchev–Trinajstić information content (AvgIpc) is 3.14. The number of anilines is 1. The van der Waals surface area contributed by atoms with E-state index in [1.54, 1.807) is 34.1 Å². The molecule has 10 nitrogen and oxygen atoms in total. The molecule has 5 aromatic rings. The Bertz CT molecular complexity index is 1890. The summed E-state index contributed by atoms with van der Waals surface area (Å²) in [6, 6.07) is 9.36. The van der Waals surface area contributed by atoms with Crippen LogP contribution in [0.2, 0.25) is 0 Å². The van der Waals surface area contributed by atoms with Crippen molar-refractivity contribution in [3.05, 3.63) is 73.5 Å². The van der Waals surface area contributed by atoms with Gasteiger partial charge in [-0.15, -0.1) is 0 Å². The van der Waals surface area contributed by atoms with Crippen molar-refractivity contribution in [2.75, 3.05) is 18.0 Å². The third-order valence-electron chi connectivity index (χ3n) is 7.78. The zero-order valence-corrected chi connectivity index (χ0v) is 21.4. The Hall–Kier alpha value is -4.21. The molecule has 10 heteroatoms. The topological polar surface area (TPSA) is 100.0 Å². The van der Waals surface area contributed by atoms with Crippen LogP contribution in [-0.4, -0.2) is 41.3 Å². The summed E-state index contributed by atoms with van der Waals surface area (Å²) in [4.78, 5) is 50.5. The van der Waals surface area contributed by atoms with E-state index in [-0.39, 0.29) is 23.0 Å². The van der Waals surface area contributed by atoms with Crippen LogP contribution in [0.5, 0.6) is 0 Å². The number of hydrogen-bond acceptors (Lipinski definition) is 6. The normalized spacial score (nSPS) is 14.9. The maximum Gasteiger partial charge on any atom is 0.331 e. The molecule has 0 amide bonds. The lowest BCUT2D eigenvalue weighted by molar-refractivity contribution is 0.371. The smallest absolute Gasteiger partial charge is 0.331 e. The van der Waals surface area contributed by atoms with E-state index in [0.29, 0.717) is 43.4 Å². The molecule has 0 atom stereocenters. The number of aryl methyl sites for hydroxylation is 4. The lowest BCUT2D eigenvalue weighted by Crippen LogP contribution is -2.45. The number of piperidine rings is 1. The molecule has 1 saturated heterocycles. The van der Waals surface area contributed by atoms with Crippen LogP contribution < -0.4 is 21.8 Å². The van der Waals surface area contributed by atoms with Gasteiger partial charge >= 0.3 is 11.4 Å². The lowest BCUT2D eigenvalue weighted by Gasteiger charge is -2.34. The van der Waals surface area contributed by atoms with E-state index < -0.39 is 0 Å². The standard InChI is InChI=1S/C27H29N7O3/c1-5-33-23-14-20-18(13-22(23)31(4)26(33)36)24(29-15-28-20)32-10-8-17(9-11-32)34-25(35)19-12-16(2)6-7-21(19)30(3)27(34)37/h6-7,12-15,17H,5,8-11H2,1-4H3. The van der Waals surface area contributed by atoms with Crippen LogP contribution in [0.25, 0.3) is 32.8 Å². The Morgan fingerprint density at radius 1 is 0.865 bits per heavy atom. The molecule has 1 aliphatic rings. The third-order valence-corrected chi connectivity index (χ3v) is 7.78. The van der Waals surface area contributed by atoms with Crippen LogP contribution in [0.4, 0.5) is 5.82 Å². The first kappa shape index (κ1) is 23.2. The molecule has 37 heavy (non-hydrogen) atoms. The summed E-state index contributed by atoms with van der Waals surface area (Å²) in [5.74, 6) is 0.802. The van der Waals surface area contributed by atoms with Crippen LogP contribution in [0, 0.1) is 6.92 Å². The summed E-state index contributed by atoms with van der Waals surface area (Å²) in [5, 5.41) is 1.45. The number of benzene rings is 2. The van der Waals surface area contributed by atoms with Crippen molar-refractivity contribution in [1.82, 2.24) is 28.2 Å². The van der Waals surface area contributed by atoms with E-state index in [9.17, 15) is 14.4 Å². The molecule has 1 aliphatic heterocycles. The van der Waals surface area contributed by atoms with Crippen molar-refractivity contribution in [3.8, 4) is 0 Å². The van der Waals surface area contributed by atoms with Crippen molar-refractivity contribution in [2.45, 2.75) is 39.3 Å². The number of fused-ring (bicyclic) bond motifs is 3. The fourth-order valence-electron chi connectivity index (χ4n) is 5.75. The highest BCUT2D eigenvalue weighted by Gasteiger charge is 2.26. The molecule has 4 heterocycles. The van der Waals surface area contributed by atoms with Crippen LogP contribution in [0.1, 0.15) is 31.4 Å². The molecule has 1 fully saturated rings. The van der Waals surface area contributed by atoms with E-state index in [1.807, 2.05) is 44.2 Å². The van der Waals surface area contributed by atoms with E-state index in [4.69, 9.17) is 0 Å². The summed E-state index contributed by atoms with van der Waals surface area (Å²) in [7, 11) is 3.50.